The van der Waals surface area contributed by atoms with Crippen molar-refractivity contribution in [3.63, 3.8) is 0 Å². The largest absolute Gasteiger partial charge is 0.359 e. The van der Waals surface area contributed by atoms with Gasteiger partial charge in [-0.25, -0.2) is 0 Å². The van der Waals surface area contributed by atoms with Crippen LogP contribution >= 0.6 is 24.0 Å². The van der Waals surface area contributed by atoms with Crippen molar-refractivity contribution in [1.29, 1.82) is 0 Å². The first-order chi connectivity index (χ1) is 6.27. The predicted molar refractivity (Wildman–Crippen MR) is 63.2 cm³/mol. The molecule has 0 amide bonds. The molecule has 3 nitrogen and oxygen atoms in total. The highest BCUT2D eigenvalue weighted by atomic mass is 32.2. The molecule has 0 aromatic rings. The minimum absolute atomic E-state index is 0.732. The second-order valence-electron chi connectivity index (χ2n) is 2.81. The third-order valence-electron chi connectivity index (χ3n) is 2.04. The Hall–Kier alpha value is -0.290. The highest BCUT2D eigenvalue weighted by Crippen LogP contribution is 2.10. The summed E-state index contributed by atoms with van der Waals surface area (Å²) in [4.78, 5) is 2.27. The van der Waals surface area contributed by atoms with E-state index in [0.717, 1.165) is 29.7 Å². The van der Waals surface area contributed by atoms with Crippen LogP contribution in [0.1, 0.15) is 19.8 Å². The standard InChI is InChI=1S/C8H15N3S2/c1-3-11-6-4-5-7(11)9-10-8(12)13-2/h3-6H2,1-2H3,(H,10,12)/b9-7+. The molecule has 1 saturated heterocycles. The lowest BCUT2D eigenvalue weighted by Gasteiger charge is -2.15. The van der Waals surface area contributed by atoms with Crippen molar-refractivity contribution in [3.05, 3.63) is 0 Å². The van der Waals surface area contributed by atoms with Crippen molar-refractivity contribution in [3.8, 4) is 0 Å². The molecule has 0 radical (unpaired) electrons. The van der Waals surface area contributed by atoms with E-state index in [1.807, 2.05) is 6.26 Å². The summed E-state index contributed by atoms with van der Waals surface area (Å²) in [6.07, 6.45) is 4.22. The zero-order chi connectivity index (χ0) is 9.68. The van der Waals surface area contributed by atoms with E-state index in [2.05, 4.69) is 22.4 Å². The van der Waals surface area contributed by atoms with Crippen LogP contribution in [-0.2, 0) is 0 Å². The van der Waals surface area contributed by atoms with Gasteiger partial charge in [0.1, 0.15) is 5.84 Å². The van der Waals surface area contributed by atoms with E-state index in [0.29, 0.717) is 0 Å². The first-order valence-corrected chi connectivity index (χ1v) is 6.06. The van der Waals surface area contributed by atoms with Gasteiger partial charge in [0.2, 0.25) is 0 Å². The summed E-state index contributed by atoms with van der Waals surface area (Å²) in [5.41, 5.74) is 2.88. The molecule has 0 saturated carbocycles. The van der Waals surface area contributed by atoms with Gasteiger partial charge in [-0.2, -0.15) is 5.10 Å². The van der Waals surface area contributed by atoms with Gasteiger partial charge in [0.05, 0.1) is 0 Å². The van der Waals surface area contributed by atoms with E-state index in [-0.39, 0.29) is 0 Å². The molecule has 5 heteroatoms. The average Bonchev–Trinajstić information content (AvgIpc) is 2.61. The Morgan fingerprint density at radius 2 is 2.54 bits per heavy atom. The number of hydrogen-bond donors (Lipinski definition) is 1. The van der Waals surface area contributed by atoms with E-state index >= 15 is 0 Å². The molecule has 1 aliphatic rings. The third kappa shape index (κ3) is 3.15. The predicted octanol–water partition coefficient (Wildman–Crippen LogP) is 1.65. The van der Waals surface area contributed by atoms with Crippen molar-refractivity contribution < 1.29 is 0 Å². The van der Waals surface area contributed by atoms with Gasteiger partial charge in [0.15, 0.2) is 4.32 Å². The van der Waals surface area contributed by atoms with E-state index < -0.39 is 0 Å². The van der Waals surface area contributed by atoms with Crippen LogP contribution in [0.2, 0.25) is 0 Å². The van der Waals surface area contributed by atoms with Crippen LogP contribution in [-0.4, -0.2) is 34.4 Å². The maximum Gasteiger partial charge on any atom is 0.153 e. The van der Waals surface area contributed by atoms with Crippen molar-refractivity contribution in [1.82, 2.24) is 10.3 Å². The van der Waals surface area contributed by atoms with E-state index in [9.17, 15) is 0 Å². The summed E-state index contributed by atoms with van der Waals surface area (Å²) < 4.78 is 0.732. The molecule has 1 fully saturated rings. The molecular formula is C8H15N3S2. The second kappa shape index (κ2) is 5.44. The zero-order valence-electron chi connectivity index (χ0n) is 8.04. The number of nitrogens with zero attached hydrogens (tertiary/aromatic N) is 2. The molecule has 1 heterocycles. The minimum Gasteiger partial charge on any atom is -0.359 e. The lowest BCUT2D eigenvalue weighted by Crippen LogP contribution is -2.27. The molecule has 13 heavy (non-hydrogen) atoms. The summed E-state index contributed by atoms with van der Waals surface area (Å²) in [5.74, 6) is 1.14. The first-order valence-electron chi connectivity index (χ1n) is 4.43. The Balaban J connectivity index is 2.45. The van der Waals surface area contributed by atoms with Gasteiger partial charge in [-0.1, -0.05) is 24.0 Å². The maximum absolute atomic E-state index is 4.99. The van der Waals surface area contributed by atoms with Gasteiger partial charge in [0.25, 0.3) is 0 Å². The van der Waals surface area contributed by atoms with E-state index in [4.69, 9.17) is 12.2 Å². The van der Waals surface area contributed by atoms with Crippen molar-refractivity contribution in [2.24, 2.45) is 5.10 Å². The molecule has 0 unspecified atom stereocenters. The summed E-state index contributed by atoms with van der Waals surface area (Å²) in [5, 5.41) is 4.28. The Bertz CT molecular complexity index is 215. The number of thioether (sulfide) groups is 1. The Morgan fingerprint density at radius 1 is 1.77 bits per heavy atom. The number of rotatable bonds is 2. The quantitative estimate of drug-likeness (QED) is 0.562. The lowest BCUT2D eigenvalue weighted by atomic mass is 10.4. The normalized spacial score (nSPS) is 19.5. The molecule has 0 aromatic heterocycles. The van der Waals surface area contributed by atoms with Crippen molar-refractivity contribution in [2.75, 3.05) is 19.3 Å². The molecule has 0 atom stereocenters. The molecule has 0 aliphatic carbocycles. The van der Waals surface area contributed by atoms with Crippen LogP contribution in [0.4, 0.5) is 0 Å². The molecule has 1 N–H and O–H groups in total. The van der Waals surface area contributed by atoms with E-state index in [1.165, 1.54) is 18.2 Å². The highest BCUT2D eigenvalue weighted by molar-refractivity contribution is 8.22. The second-order valence-corrected chi connectivity index (χ2v) is 4.30. The fraction of sp³-hybridized carbons (Fsp3) is 0.750. The van der Waals surface area contributed by atoms with Crippen LogP contribution in [0.5, 0.6) is 0 Å². The van der Waals surface area contributed by atoms with E-state index in [1.54, 1.807) is 0 Å². The fourth-order valence-corrected chi connectivity index (χ4v) is 1.52. The maximum atomic E-state index is 4.99. The summed E-state index contributed by atoms with van der Waals surface area (Å²) in [6.45, 7) is 4.31. The van der Waals surface area contributed by atoms with Crippen LogP contribution < -0.4 is 5.43 Å². The van der Waals surface area contributed by atoms with Crippen molar-refractivity contribution >= 4 is 34.1 Å². The zero-order valence-corrected chi connectivity index (χ0v) is 9.67. The molecule has 1 aliphatic heterocycles. The highest BCUT2D eigenvalue weighted by Gasteiger charge is 2.16. The Morgan fingerprint density at radius 3 is 3.15 bits per heavy atom. The summed E-state index contributed by atoms with van der Waals surface area (Å²) >= 11 is 6.50. The molecular weight excluding hydrogens is 202 g/mol. The SMILES string of the molecule is CCN1CCC/C1=N\NC(=S)SC. The summed E-state index contributed by atoms with van der Waals surface area (Å²) in [6, 6.07) is 0. The Labute approximate surface area is 88.9 Å². The third-order valence-corrected chi connectivity index (χ3v) is 3.09. The minimum atomic E-state index is 0.732. The van der Waals surface area contributed by atoms with Crippen LogP contribution in [0.3, 0.4) is 0 Å². The van der Waals surface area contributed by atoms with Gasteiger partial charge in [-0.05, 0) is 19.6 Å². The Kier molecular flexibility index (Phi) is 4.52. The molecule has 0 bridgehead atoms. The molecule has 74 valence electrons. The number of hydrazone groups is 1. The van der Waals surface area contributed by atoms with Crippen molar-refractivity contribution in [2.45, 2.75) is 19.8 Å². The number of nitrogens with one attached hydrogen (secondary N) is 1. The van der Waals surface area contributed by atoms with Crippen LogP contribution in [0.25, 0.3) is 0 Å². The monoisotopic (exact) mass is 217 g/mol. The van der Waals surface area contributed by atoms with Gasteiger partial charge in [-0.3, -0.25) is 5.43 Å². The molecule has 1 rings (SSSR count). The van der Waals surface area contributed by atoms with Crippen LogP contribution in [0, 0.1) is 0 Å². The number of hydrogen-bond acceptors (Lipinski definition) is 3. The number of amidine groups is 1. The van der Waals surface area contributed by atoms with Gasteiger partial charge >= 0.3 is 0 Å². The number of likely N-dealkylation sites (tertiary alicyclic amines) is 1. The van der Waals surface area contributed by atoms with Crippen LogP contribution in [0.15, 0.2) is 5.10 Å². The first kappa shape index (κ1) is 10.8. The fourth-order valence-electron chi connectivity index (χ4n) is 1.34. The average molecular weight is 217 g/mol. The van der Waals surface area contributed by atoms with Gasteiger partial charge in [0, 0.05) is 19.5 Å². The smallest absolute Gasteiger partial charge is 0.153 e. The summed E-state index contributed by atoms with van der Waals surface area (Å²) in [7, 11) is 0. The molecule has 0 aromatic carbocycles. The van der Waals surface area contributed by atoms with Gasteiger partial charge in [-0.15, -0.1) is 0 Å². The topological polar surface area (TPSA) is 27.6 Å². The number of thiocarbonyl (C=S) groups is 1. The van der Waals surface area contributed by atoms with Gasteiger partial charge < -0.3 is 4.90 Å². The molecule has 0 spiro atoms. The lowest BCUT2D eigenvalue weighted by molar-refractivity contribution is 0.476.